The molecule has 0 unspecified atom stereocenters. The fraction of sp³-hybridized carbons (Fsp3) is 0.500. The zero-order chi connectivity index (χ0) is 70.5. The van der Waals surface area contributed by atoms with Gasteiger partial charge in [-0.3, -0.25) is 19.2 Å². The second-order valence-corrected chi connectivity index (χ2v) is 27.8. The van der Waals surface area contributed by atoms with E-state index < -0.39 is 48.4 Å². The van der Waals surface area contributed by atoms with Crippen molar-refractivity contribution in [3.8, 4) is 44.8 Å². The van der Waals surface area contributed by atoms with Crippen molar-refractivity contribution < 1.29 is 57.3 Å². The third kappa shape index (κ3) is 17.9. The Morgan fingerprint density at radius 3 is 1.07 bits per heavy atom. The van der Waals surface area contributed by atoms with Crippen LogP contribution in [-0.2, 0) is 38.1 Å². The van der Waals surface area contributed by atoms with Gasteiger partial charge in [0.2, 0.25) is 11.8 Å². The SMILES string of the molecule is COC(=O)N[C@H](C(=O)O[C@@H]1CCC[C@H]1NC(=O)c1ccc(-c2ccc(-c3cnc([C@@H]4CCCN4C(=O)[C@@H](C)C(C)C)[nH]3)cc2)cc1)C(C)C.COC(=O)N[C@H](C(=O)O[C@H]1CCC[C@@H]1NC(=O)c1ccc(-c2ccc(-c3cnc([C@@H]4CCCN4C(=O)[C@@H](C)C(C)C)[nH]3)cc2)cc1)C(C)C. The molecule has 4 aliphatic rings. The van der Waals surface area contributed by atoms with Gasteiger partial charge in [0.15, 0.2) is 0 Å². The van der Waals surface area contributed by atoms with E-state index in [1.807, 2.05) is 137 Å². The maximum Gasteiger partial charge on any atom is 0.407 e. The number of methoxy groups -OCH3 is 2. The number of rotatable bonds is 22. The molecule has 2 saturated heterocycles. The van der Waals surface area contributed by atoms with Gasteiger partial charge in [-0.15, -0.1) is 0 Å². The molecule has 6 aromatic rings. The topological polar surface area (TPSA) is 285 Å². The predicted molar refractivity (Wildman–Crippen MR) is 373 cm³/mol. The fourth-order valence-electron chi connectivity index (χ4n) is 13.1. The molecule has 0 bridgehead atoms. The number of hydrogen-bond acceptors (Lipinski definition) is 14. The Morgan fingerprint density at radius 1 is 0.429 bits per heavy atom. The number of aromatic amines is 2. The third-order valence-corrected chi connectivity index (χ3v) is 19.9. The summed E-state index contributed by atoms with van der Waals surface area (Å²) in [6.07, 6.45) is 9.33. The molecule has 4 aromatic carbocycles. The monoisotopic (exact) mass is 1340 g/mol. The van der Waals surface area contributed by atoms with Crippen LogP contribution in [0.25, 0.3) is 44.8 Å². The number of alkyl carbamates (subject to hydrolysis) is 2. The normalized spacial score (nSPS) is 20.2. The van der Waals surface area contributed by atoms with Crippen LogP contribution in [0, 0.1) is 35.5 Å². The van der Waals surface area contributed by atoms with Gasteiger partial charge in [0, 0.05) is 36.1 Å². The van der Waals surface area contributed by atoms with Crippen LogP contribution >= 0.6 is 0 Å². The molecule has 0 radical (unpaired) electrons. The summed E-state index contributed by atoms with van der Waals surface area (Å²) in [6.45, 7) is 21.1. The Morgan fingerprint density at radius 2 is 0.755 bits per heavy atom. The fourth-order valence-corrected chi connectivity index (χ4v) is 13.1. The lowest BCUT2D eigenvalue weighted by Gasteiger charge is -2.27. The molecule has 6 amide bonds. The van der Waals surface area contributed by atoms with Crippen molar-refractivity contribution in [2.75, 3.05) is 27.3 Å². The number of hydrogen-bond donors (Lipinski definition) is 6. The summed E-state index contributed by atoms with van der Waals surface area (Å²) in [5.74, 6) is 0.621. The molecule has 2 aromatic heterocycles. The summed E-state index contributed by atoms with van der Waals surface area (Å²) >= 11 is 0. The molecular weight excluding hydrogens is 1240 g/mol. The molecular formula is C76H98N10O12. The molecule has 98 heavy (non-hydrogen) atoms. The minimum atomic E-state index is -0.846. The van der Waals surface area contributed by atoms with E-state index in [4.69, 9.17) is 9.47 Å². The van der Waals surface area contributed by atoms with Crippen LogP contribution < -0.4 is 21.3 Å². The second-order valence-electron chi connectivity index (χ2n) is 27.8. The van der Waals surface area contributed by atoms with E-state index in [9.17, 15) is 38.4 Å². The molecule has 10 rings (SSSR count). The van der Waals surface area contributed by atoms with Crippen LogP contribution in [-0.4, -0.2) is 141 Å². The number of nitrogens with one attached hydrogen (secondary N) is 6. The van der Waals surface area contributed by atoms with Crippen LogP contribution in [0.2, 0.25) is 0 Å². The van der Waals surface area contributed by atoms with Crippen molar-refractivity contribution in [1.29, 1.82) is 0 Å². The first kappa shape index (κ1) is 72.9. The van der Waals surface area contributed by atoms with Crippen LogP contribution in [0.4, 0.5) is 9.59 Å². The number of nitrogens with zero attached hydrogens (tertiary/aromatic N) is 4. The van der Waals surface area contributed by atoms with Crippen molar-refractivity contribution in [2.24, 2.45) is 35.5 Å². The number of H-pyrrole nitrogens is 2. The zero-order valence-electron chi connectivity index (χ0n) is 58.6. The van der Waals surface area contributed by atoms with E-state index in [2.05, 4.69) is 78.4 Å². The van der Waals surface area contributed by atoms with E-state index >= 15 is 0 Å². The van der Waals surface area contributed by atoms with Crippen LogP contribution in [0.3, 0.4) is 0 Å². The lowest BCUT2D eigenvalue weighted by atomic mass is 9.96. The van der Waals surface area contributed by atoms with Crippen molar-refractivity contribution in [3.05, 3.63) is 132 Å². The Labute approximate surface area is 575 Å². The molecule has 2 saturated carbocycles. The quantitative estimate of drug-likeness (QED) is 0.0272. The second kappa shape index (κ2) is 33.3. The standard InChI is InChI=1S/2C38H49N5O6/c2*1-22(2)24(5)36(45)43-20-8-10-31(43)34-39-21-30(40-34)27-16-12-25(13-17-27)26-14-18-28(19-15-26)35(44)41-29-9-7-11-32(29)49-37(46)33(23(3)4)42-38(47)48-6/h2*12-19,21-24,29,31-33H,7-11,20H2,1-6H3,(H,39,40)(H,41,44)(H,42,47)/t24-,29+,31-,32+,33-;24-,29-,31-,32-,33-/m00/s1. The largest absolute Gasteiger partial charge is 0.459 e. The average Bonchev–Trinajstić information content (AvgIpc) is 1.69. The number of imidazole rings is 2. The lowest BCUT2D eigenvalue weighted by Crippen LogP contribution is -2.48. The molecule has 4 heterocycles. The number of likely N-dealkylation sites (tertiary alicyclic amines) is 2. The summed E-state index contributed by atoms with van der Waals surface area (Å²) in [4.78, 5) is 122. The van der Waals surface area contributed by atoms with Crippen molar-refractivity contribution in [3.63, 3.8) is 0 Å². The van der Waals surface area contributed by atoms with Crippen LogP contribution in [0.15, 0.2) is 109 Å². The van der Waals surface area contributed by atoms with Gasteiger partial charge < -0.3 is 60.0 Å². The van der Waals surface area contributed by atoms with E-state index in [0.717, 1.165) is 108 Å². The Kier molecular flexibility index (Phi) is 24.8. The molecule has 10 atom stereocenters. The first-order valence-electron chi connectivity index (χ1n) is 34.8. The lowest BCUT2D eigenvalue weighted by molar-refractivity contribution is -0.154. The highest BCUT2D eigenvalue weighted by Crippen LogP contribution is 2.37. The highest BCUT2D eigenvalue weighted by atomic mass is 16.6. The number of carbonyl (C=O) groups excluding carboxylic acids is 8. The Bertz CT molecular complexity index is 3470. The molecule has 22 heteroatoms. The van der Waals surface area contributed by atoms with Gasteiger partial charge in [0.1, 0.15) is 35.9 Å². The summed E-state index contributed by atoms with van der Waals surface area (Å²) in [6, 6.07) is 28.8. The number of amides is 6. The number of esters is 2. The third-order valence-electron chi connectivity index (χ3n) is 19.9. The van der Waals surface area contributed by atoms with Gasteiger partial charge in [-0.05, 0) is 146 Å². The van der Waals surface area contributed by atoms with Gasteiger partial charge >= 0.3 is 24.1 Å². The minimum absolute atomic E-state index is 0.0237. The smallest absolute Gasteiger partial charge is 0.407 e. The minimum Gasteiger partial charge on any atom is -0.459 e. The predicted octanol–water partition coefficient (Wildman–Crippen LogP) is 12.5. The molecule has 524 valence electrons. The Balaban J connectivity index is 0.000000229. The maximum atomic E-state index is 13.2. The number of aromatic nitrogens is 4. The van der Waals surface area contributed by atoms with E-state index in [0.29, 0.717) is 48.6 Å². The molecule has 2 aliphatic carbocycles. The van der Waals surface area contributed by atoms with Crippen molar-refractivity contribution in [1.82, 2.24) is 51.0 Å². The molecule has 22 nitrogen and oxygen atoms in total. The van der Waals surface area contributed by atoms with E-state index in [1.54, 1.807) is 24.3 Å². The summed E-state index contributed by atoms with van der Waals surface area (Å²) in [5, 5.41) is 11.1. The molecule has 6 N–H and O–H groups in total. The molecule has 0 spiro atoms. The summed E-state index contributed by atoms with van der Waals surface area (Å²) < 4.78 is 20.8. The van der Waals surface area contributed by atoms with Gasteiger partial charge in [0.25, 0.3) is 11.8 Å². The van der Waals surface area contributed by atoms with Gasteiger partial charge in [-0.2, -0.15) is 0 Å². The van der Waals surface area contributed by atoms with E-state index in [-0.39, 0.29) is 71.5 Å². The highest BCUT2D eigenvalue weighted by Gasteiger charge is 2.40. The zero-order valence-corrected chi connectivity index (χ0v) is 58.6. The first-order chi connectivity index (χ1) is 46.9. The maximum absolute atomic E-state index is 13.2. The summed E-state index contributed by atoms with van der Waals surface area (Å²) in [5.41, 5.74) is 8.78. The van der Waals surface area contributed by atoms with Crippen LogP contribution in [0.5, 0.6) is 0 Å². The number of benzene rings is 4. The van der Waals surface area contributed by atoms with E-state index in [1.165, 1.54) is 14.2 Å². The van der Waals surface area contributed by atoms with Gasteiger partial charge in [-0.1, -0.05) is 142 Å². The van der Waals surface area contributed by atoms with Crippen molar-refractivity contribution in [2.45, 2.75) is 182 Å². The Hall–Kier alpha value is -9.34. The number of carbonyl (C=O) groups is 8. The number of ether oxygens (including phenoxy) is 4. The average molecular weight is 1340 g/mol. The van der Waals surface area contributed by atoms with Gasteiger partial charge in [0.05, 0.1) is 62.2 Å². The highest BCUT2D eigenvalue weighted by molar-refractivity contribution is 5.96. The van der Waals surface area contributed by atoms with Crippen LogP contribution in [0.1, 0.15) is 178 Å². The van der Waals surface area contributed by atoms with Gasteiger partial charge in [-0.25, -0.2) is 29.1 Å². The molecule has 2 aliphatic heterocycles. The van der Waals surface area contributed by atoms with Crippen molar-refractivity contribution >= 4 is 47.8 Å². The molecule has 4 fully saturated rings. The first-order valence-corrected chi connectivity index (χ1v) is 34.8. The summed E-state index contributed by atoms with van der Waals surface area (Å²) in [7, 11) is 2.48.